The lowest BCUT2D eigenvalue weighted by atomic mass is 10.2. The second-order valence-electron chi connectivity index (χ2n) is 3.45. The molecule has 0 heterocycles. The van der Waals surface area contributed by atoms with Gasteiger partial charge in [-0.1, -0.05) is 0 Å². The van der Waals surface area contributed by atoms with Crippen molar-refractivity contribution in [3.05, 3.63) is 31.6 Å². The minimum Gasteiger partial charge on any atom is -0.378 e. The second kappa shape index (κ2) is 6.47. The van der Waals surface area contributed by atoms with Crippen molar-refractivity contribution in [2.45, 2.75) is 6.92 Å². The largest absolute Gasteiger partial charge is 0.378 e. The molecule has 1 aromatic rings. The molecule has 0 unspecified atom stereocenters. The molecule has 0 spiro atoms. The van der Waals surface area contributed by atoms with E-state index in [2.05, 4.69) is 10.6 Å². The zero-order valence-electron chi connectivity index (χ0n) is 9.50. The molecular formula is C10H11FIN3O3. The van der Waals surface area contributed by atoms with Crippen molar-refractivity contribution in [3.8, 4) is 0 Å². The summed E-state index contributed by atoms with van der Waals surface area (Å²) in [5.74, 6) is -0.719. The van der Waals surface area contributed by atoms with Gasteiger partial charge in [0.05, 0.1) is 8.49 Å². The summed E-state index contributed by atoms with van der Waals surface area (Å²) in [6.45, 7) is 1.95. The molecule has 1 rings (SSSR count). The molecule has 6 nitrogen and oxygen atoms in total. The number of carbonyl (C=O) groups excluding carboxylic acids is 1. The predicted octanol–water partition coefficient (Wildman–Crippen LogP) is 1.89. The lowest BCUT2D eigenvalue weighted by Crippen LogP contribution is -2.26. The molecule has 0 saturated carbocycles. The van der Waals surface area contributed by atoms with E-state index in [1.807, 2.05) is 0 Å². The fraction of sp³-hybridized carbons (Fsp3) is 0.300. The molecule has 0 aliphatic rings. The lowest BCUT2D eigenvalue weighted by Gasteiger charge is -2.08. The van der Waals surface area contributed by atoms with Gasteiger partial charge < -0.3 is 10.6 Å². The van der Waals surface area contributed by atoms with Crippen LogP contribution >= 0.6 is 22.6 Å². The van der Waals surface area contributed by atoms with Gasteiger partial charge >= 0.3 is 0 Å². The Hall–Kier alpha value is -1.45. The van der Waals surface area contributed by atoms with Crippen LogP contribution in [0.1, 0.15) is 6.92 Å². The van der Waals surface area contributed by atoms with Gasteiger partial charge in [-0.05, 0) is 22.6 Å². The molecule has 0 fully saturated rings. The molecule has 1 amide bonds. The third-order valence-electron chi connectivity index (χ3n) is 2.05. The molecule has 0 aliphatic heterocycles. The molecule has 0 aliphatic carbocycles. The van der Waals surface area contributed by atoms with Crippen LogP contribution in [0.25, 0.3) is 0 Å². The number of rotatable bonds is 5. The maximum absolute atomic E-state index is 13.3. The number of anilines is 1. The number of hydrogen-bond acceptors (Lipinski definition) is 4. The summed E-state index contributed by atoms with van der Waals surface area (Å²) in [5.41, 5.74) is -0.0908. The third kappa shape index (κ3) is 4.09. The SMILES string of the molecule is CC(=O)NCCNc1cc(F)c(I)cc1[N+](=O)[O-]. The minimum absolute atomic E-state index is 0.100. The average Bonchev–Trinajstić information content (AvgIpc) is 2.28. The van der Waals surface area contributed by atoms with E-state index < -0.39 is 10.7 Å². The second-order valence-corrected chi connectivity index (χ2v) is 4.61. The quantitative estimate of drug-likeness (QED) is 0.360. The monoisotopic (exact) mass is 367 g/mol. The first-order valence-electron chi connectivity index (χ1n) is 5.03. The number of amides is 1. The van der Waals surface area contributed by atoms with Gasteiger partial charge in [-0.25, -0.2) is 4.39 Å². The number of carbonyl (C=O) groups is 1. The highest BCUT2D eigenvalue weighted by molar-refractivity contribution is 14.1. The van der Waals surface area contributed by atoms with E-state index in [1.165, 1.54) is 6.92 Å². The molecular weight excluding hydrogens is 356 g/mol. The van der Waals surface area contributed by atoms with E-state index >= 15 is 0 Å². The van der Waals surface area contributed by atoms with Crippen molar-refractivity contribution in [2.75, 3.05) is 18.4 Å². The van der Waals surface area contributed by atoms with Crippen LogP contribution in [0.5, 0.6) is 0 Å². The molecule has 0 atom stereocenters. The highest BCUT2D eigenvalue weighted by Crippen LogP contribution is 2.28. The van der Waals surface area contributed by atoms with Crippen LogP contribution in [0.4, 0.5) is 15.8 Å². The van der Waals surface area contributed by atoms with E-state index in [1.54, 1.807) is 22.6 Å². The maximum Gasteiger partial charge on any atom is 0.293 e. The molecule has 2 N–H and O–H groups in total. The van der Waals surface area contributed by atoms with E-state index in [9.17, 15) is 19.3 Å². The van der Waals surface area contributed by atoms with Crippen molar-refractivity contribution in [1.29, 1.82) is 0 Å². The number of halogens is 2. The highest BCUT2D eigenvalue weighted by Gasteiger charge is 2.16. The summed E-state index contributed by atoms with van der Waals surface area (Å²) in [5, 5.41) is 16.0. The van der Waals surface area contributed by atoms with Gasteiger partial charge in [0.15, 0.2) is 0 Å². The Morgan fingerprint density at radius 1 is 1.50 bits per heavy atom. The van der Waals surface area contributed by atoms with Crippen LogP contribution in [-0.2, 0) is 4.79 Å². The van der Waals surface area contributed by atoms with Crippen LogP contribution in [0, 0.1) is 19.5 Å². The Bertz CT molecular complexity index is 482. The van der Waals surface area contributed by atoms with E-state index in [0.29, 0.717) is 6.54 Å². The Balaban J connectivity index is 2.77. The summed E-state index contributed by atoms with van der Waals surface area (Å²) in [6.07, 6.45) is 0. The molecule has 8 heteroatoms. The predicted molar refractivity (Wildman–Crippen MR) is 72.9 cm³/mol. The Morgan fingerprint density at radius 3 is 2.72 bits per heavy atom. The summed E-state index contributed by atoms with van der Waals surface area (Å²) in [6, 6.07) is 2.24. The number of nitrogens with zero attached hydrogens (tertiary/aromatic N) is 1. The molecule has 18 heavy (non-hydrogen) atoms. The van der Waals surface area contributed by atoms with Gasteiger partial charge in [-0.2, -0.15) is 0 Å². The fourth-order valence-electron chi connectivity index (χ4n) is 1.26. The van der Waals surface area contributed by atoms with Crippen molar-refractivity contribution in [2.24, 2.45) is 0 Å². The normalized spacial score (nSPS) is 9.94. The topological polar surface area (TPSA) is 84.3 Å². The van der Waals surface area contributed by atoms with Crippen molar-refractivity contribution in [3.63, 3.8) is 0 Å². The van der Waals surface area contributed by atoms with Gasteiger partial charge in [-0.15, -0.1) is 0 Å². The van der Waals surface area contributed by atoms with Gasteiger partial charge in [0, 0.05) is 32.1 Å². The molecule has 0 radical (unpaired) electrons. The van der Waals surface area contributed by atoms with Crippen LogP contribution in [0.3, 0.4) is 0 Å². The van der Waals surface area contributed by atoms with Gasteiger partial charge in [-0.3, -0.25) is 14.9 Å². The Labute approximate surface area is 116 Å². The molecule has 0 saturated heterocycles. The van der Waals surface area contributed by atoms with Crippen LogP contribution < -0.4 is 10.6 Å². The van der Waals surface area contributed by atoms with Crippen LogP contribution in [0.15, 0.2) is 12.1 Å². The Morgan fingerprint density at radius 2 is 2.17 bits per heavy atom. The zero-order chi connectivity index (χ0) is 13.7. The first kappa shape index (κ1) is 14.6. The van der Waals surface area contributed by atoms with Crippen molar-refractivity contribution >= 4 is 39.9 Å². The van der Waals surface area contributed by atoms with E-state index in [0.717, 1.165) is 12.1 Å². The minimum atomic E-state index is -0.581. The van der Waals surface area contributed by atoms with E-state index in [4.69, 9.17) is 0 Å². The number of nitro groups is 1. The summed E-state index contributed by atoms with van der Waals surface area (Å²) < 4.78 is 13.5. The van der Waals surface area contributed by atoms with Gasteiger partial charge in [0.25, 0.3) is 5.69 Å². The summed E-state index contributed by atoms with van der Waals surface area (Å²) in [7, 11) is 0. The molecule has 1 aromatic carbocycles. The molecule has 98 valence electrons. The number of hydrogen-bond donors (Lipinski definition) is 2. The molecule has 0 bridgehead atoms. The Kier molecular flexibility index (Phi) is 5.25. The van der Waals surface area contributed by atoms with Crippen molar-refractivity contribution < 1.29 is 14.1 Å². The van der Waals surface area contributed by atoms with E-state index in [-0.39, 0.29) is 27.4 Å². The number of nitrogens with one attached hydrogen (secondary N) is 2. The van der Waals surface area contributed by atoms with Crippen LogP contribution in [-0.4, -0.2) is 23.9 Å². The number of nitro benzene ring substituents is 1. The zero-order valence-corrected chi connectivity index (χ0v) is 11.7. The molecule has 0 aromatic heterocycles. The van der Waals surface area contributed by atoms with Gasteiger partial charge in [0.2, 0.25) is 5.91 Å². The summed E-state index contributed by atoms with van der Waals surface area (Å²) in [4.78, 5) is 20.8. The number of benzene rings is 1. The van der Waals surface area contributed by atoms with Crippen LogP contribution in [0.2, 0.25) is 0 Å². The van der Waals surface area contributed by atoms with Crippen molar-refractivity contribution in [1.82, 2.24) is 5.32 Å². The first-order valence-corrected chi connectivity index (χ1v) is 6.11. The standard InChI is InChI=1S/C10H11FIN3O3/c1-6(16)13-2-3-14-9-4-7(11)8(12)5-10(9)15(17)18/h4-5,14H,2-3H2,1H3,(H,13,16). The average molecular weight is 367 g/mol. The smallest absolute Gasteiger partial charge is 0.293 e. The first-order chi connectivity index (χ1) is 8.41. The third-order valence-corrected chi connectivity index (χ3v) is 2.88. The maximum atomic E-state index is 13.3. The highest BCUT2D eigenvalue weighted by atomic mass is 127. The fourth-order valence-corrected chi connectivity index (χ4v) is 1.72. The van der Waals surface area contributed by atoms with Gasteiger partial charge in [0.1, 0.15) is 11.5 Å². The lowest BCUT2D eigenvalue weighted by molar-refractivity contribution is -0.384. The summed E-state index contributed by atoms with van der Waals surface area (Å²) >= 11 is 1.69.